The van der Waals surface area contributed by atoms with Gasteiger partial charge in [-0.3, -0.25) is 0 Å². The summed E-state index contributed by atoms with van der Waals surface area (Å²) in [5.41, 5.74) is 3.07. The smallest absolute Gasteiger partial charge is 0.0835 e. The number of rotatable bonds is 3. The molecule has 14 heavy (non-hydrogen) atoms. The molecule has 0 bridgehead atoms. The molecular weight excluding hydrogens is 192 g/mol. The SMILES string of the molecule is CCCc1csc2c1C(CC)OCC2. The molecular formula is C12H18OS. The van der Waals surface area contributed by atoms with Gasteiger partial charge in [0, 0.05) is 11.3 Å². The van der Waals surface area contributed by atoms with E-state index >= 15 is 0 Å². The summed E-state index contributed by atoms with van der Waals surface area (Å²) >= 11 is 1.93. The second-order valence-electron chi connectivity index (χ2n) is 3.87. The lowest BCUT2D eigenvalue weighted by molar-refractivity contribution is 0.0405. The summed E-state index contributed by atoms with van der Waals surface area (Å²) < 4.78 is 5.81. The van der Waals surface area contributed by atoms with Crippen LogP contribution in [0.1, 0.15) is 48.8 Å². The van der Waals surface area contributed by atoms with E-state index in [1.807, 2.05) is 11.3 Å². The molecule has 1 aliphatic heterocycles. The van der Waals surface area contributed by atoms with Crippen LogP contribution in [0.2, 0.25) is 0 Å². The third-order valence-electron chi connectivity index (χ3n) is 2.85. The number of thiophene rings is 1. The fraction of sp³-hybridized carbons (Fsp3) is 0.667. The molecule has 1 unspecified atom stereocenters. The third kappa shape index (κ3) is 1.73. The van der Waals surface area contributed by atoms with Gasteiger partial charge < -0.3 is 4.74 Å². The van der Waals surface area contributed by atoms with Crippen molar-refractivity contribution in [2.45, 2.75) is 45.6 Å². The number of hydrogen-bond acceptors (Lipinski definition) is 2. The molecule has 0 spiro atoms. The zero-order valence-electron chi connectivity index (χ0n) is 9.01. The molecule has 2 rings (SSSR count). The van der Waals surface area contributed by atoms with Crippen molar-refractivity contribution in [3.05, 3.63) is 21.4 Å². The van der Waals surface area contributed by atoms with E-state index in [2.05, 4.69) is 19.2 Å². The van der Waals surface area contributed by atoms with E-state index in [-0.39, 0.29) is 0 Å². The van der Waals surface area contributed by atoms with E-state index in [0.29, 0.717) is 6.10 Å². The van der Waals surface area contributed by atoms with Crippen LogP contribution < -0.4 is 0 Å². The van der Waals surface area contributed by atoms with E-state index in [1.165, 1.54) is 18.4 Å². The zero-order valence-corrected chi connectivity index (χ0v) is 9.82. The van der Waals surface area contributed by atoms with Gasteiger partial charge in [-0.25, -0.2) is 0 Å². The minimum atomic E-state index is 0.381. The summed E-state index contributed by atoms with van der Waals surface area (Å²) in [6.45, 7) is 5.37. The van der Waals surface area contributed by atoms with Crippen molar-refractivity contribution in [1.82, 2.24) is 0 Å². The molecule has 0 aromatic carbocycles. The number of aryl methyl sites for hydroxylation is 1. The van der Waals surface area contributed by atoms with Gasteiger partial charge in [-0.2, -0.15) is 0 Å². The molecule has 1 atom stereocenters. The summed E-state index contributed by atoms with van der Waals surface area (Å²) in [6, 6.07) is 0. The molecule has 2 heteroatoms. The predicted octanol–water partition coefficient (Wildman–Crippen LogP) is 3.72. The Morgan fingerprint density at radius 1 is 1.50 bits per heavy atom. The van der Waals surface area contributed by atoms with Crippen molar-refractivity contribution in [3.8, 4) is 0 Å². The maximum atomic E-state index is 5.81. The van der Waals surface area contributed by atoms with Crippen molar-refractivity contribution in [1.29, 1.82) is 0 Å². The average Bonchev–Trinajstić information content (AvgIpc) is 2.62. The van der Waals surface area contributed by atoms with E-state index in [0.717, 1.165) is 19.4 Å². The van der Waals surface area contributed by atoms with Crippen LogP contribution in [0.25, 0.3) is 0 Å². The largest absolute Gasteiger partial charge is 0.373 e. The second-order valence-corrected chi connectivity index (χ2v) is 4.83. The molecule has 0 aliphatic carbocycles. The number of fused-ring (bicyclic) bond motifs is 1. The molecule has 0 saturated heterocycles. The molecule has 1 nitrogen and oxygen atoms in total. The Labute approximate surface area is 90.1 Å². The summed E-state index contributed by atoms with van der Waals surface area (Å²) in [5.74, 6) is 0. The van der Waals surface area contributed by atoms with Crippen molar-refractivity contribution in [3.63, 3.8) is 0 Å². The van der Waals surface area contributed by atoms with Gasteiger partial charge in [0.1, 0.15) is 0 Å². The Morgan fingerprint density at radius 2 is 2.36 bits per heavy atom. The lowest BCUT2D eigenvalue weighted by atomic mass is 9.97. The van der Waals surface area contributed by atoms with Crippen LogP contribution in [0.4, 0.5) is 0 Å². The van der Waals surface area contributed by atoms with Gasteiger partial charge in [0.2, 0.25) is 0 Å². The standard InChI is InChI=1S/C12H18OS/c1-3-5-9-8-14-11-6-7-13-10(4-2)12(9)11/h8,10H,3-7H2,1-2H3. The fourth-order valence-electron chi connectivity index (χ4n) is 2.19. The van der Waals surface area contributed by atoms with Crippen LogP contribution in [0, 0.1) is 0 Å². The van der Waals surface area contributed by atoms with Gasteiger partial charge in [-0.05, 0) is 29.3 Å². The summed E-state index contributed by atoms with van der Waals surface area (Å²) in [4.78, 5) is 1.58. The first kappa shape index (κ1) is 10.2. The van der Waals surface area contributed by atoms with Crippen molar-refractivity contribution < 1.29 is 4.74 Å². The minimum absolute atomic E-state index is 0.381. The molecule has 1 aromatic rings. The molecule has 0 N–H and O–H groups in total. The van der Waals surface area contributed by atoms with Gasteiger partial charge in [0.05, 0.1) is 12.7 Å². The van der Waals surface area contributed by atoms with Crippen LogP contribution in [0.5, 0.6) is 0 Å². The highest BCUT2D eigenvalue weighted by atomic mass is 32.1. The summed E-state index contributed by atoms with van der Waals surface area (Å²) in [7, 11) is 0. The Hall–Kier alpha value is -0.340. The molecule has 1 aromatic heterocycles. The van der Waals surface area contributed by atoms with Crippen LogP contribution >= 0.6 is 11.3 Å². The Balaban J connectivity index is 2.31. The third-order valence-corrected chi connectivity index (χ3v) is 3.96. The molecule has 2 heterocycles. The highest BCUT2D eigenvalue weighted by Gasteiger charge is 2.23. The molecule has 0 amide bonds. The van der Waals surface area contributed by atoms with E-state index in [4.69, 9.17) is 4.74 Å². The number of hydrogen-bond donors (Lipinski definition) is 0. The number of ether oxygens (including phenoxy) is 1. The zero-order chi connectivity index (χ0) is 9.97. The second kappa shape index (κ2) is 4.45. The van der Waals surface area contributed by atoms with Crippen molar-refractivity contribution >= 4 is 11.3 Å². The Morgan fingerprint density at radius 3 is 3.07 bits per heavy atom. The minimum Gasteiger partial charge on any atom is -0.373 e. The van der Waals surface area contributed by atoms with Gasteiger partial charge in [-0.1, -0.05) is 20.3 Å². The Kier molecular flexibility index (Phi) is 3.24. The molecule has 0 radical (unpaired) electrons. The monoisotopic (exact) mass is 210 g/mol. The first-order valence-electron chi connectivity index (χ1n) is 5.57. The normalized spacial score (nSPS) is 20.9. The summed E-state index contributed by atoms with van der Waals surface area (Å²) in [6.07, 6.45) is 5.07. The van der Waals surface area contributed by atoms with Gasteiger partial charge in [0.15, 0.2) is 0 Å². The average molecular weight is 210 g/mol. The lowest BCUT2D eigenvalue weighted by Gasteiger charge is -2.23. The van der Waals surface area contributed by atoms with Crippen LogP contribution in [-0.4, -0.2) is 6.61 Å². The molecule has 1 aliphatic rings. The van der Waals surface area contributed by atoms with Crippen LogP contribution in [-0.2, 0) is 17.6 Å². The molecule has 78 valence electrons. The van der Waals surface area contributed by atoms with Gasteiger partial charge in [-0.15, -0.1) is 11.3 Å². The highest BCUT2D eigenvalue weighted by molar-refractivity contribution is 7.10. The first-order chi connectivity index (χ1) is 6.86. The van der Waals surface area contributed by atoms with Gasteiger partial charge >= 0.3 is 0 Å². The van der Waals surface area contributed by atoms with Crippen molar-refractivity contribution in [2.24, 2.45) is 0 Å². The van der Waals surface area contributed by atoms with E-state index in [9.17, 15) is 0 Å². The Bertz CT molecular complexity index is 303. The maximum absolute atomic E-state index is 5.81. The van der Waals surface area contributed by atoms with E-state index in [1.54, 1.807) is 10.4 Å². The quantitative estimate of drug-likeness (QED) is 0.738. The van der Waals surface area contributed by atoms with Gasteiger partial charge in [0.25, 0.3) is 0 Å². The molecule has 0 saturated carbocycles. The van der Waals surface area contributed by atoms with Crippen LogP contribution in [0.3, 0.4) is 0 Å². The van der Waals surface area contributed by atoms with Crippen molar-refractivity contribution in [2.75, 3.05) is 6.61 Å². The first-order valence-corrected chi connectivity index (χ1v) is 6.45. The fourth-order valence-corrected chi connectivity index (χ4v) is 3.31. The molecule has 0 fully saturated rings. The summed E-state index contributed by atoms with van der Waals surface area (Å²) in [5, 5.41) is 2.34. The highest BCUT2D eigenvalue weighted by Crippen LogP contribution is 2.36. The predicted molar refractivity (Wildman–Crippen MR) is 61.0 cm³/mol. The lowest BCUT2D eigenvalue weighted by Crippen LogP contribution is -2.15. The topological polar surface area (TPSA) is 9.23 Å². The van der Waals surface area contributed by atoms with Crippen LogP contribution in [0.15, 0.2) is 5.38 Å². The maximum Gasteiger partial charge on any atom is 0.0835 e. The van der Waals surface area contributed by atoms with E-state index < -0.39 is 0 Å².